The number of aromatic hydroxyl groups is 2. The molecule has 1 aromatic heterocycles. The maximum atomic E-state index is 11.5. The molecule has 0 bridgehead atoms. The van der Waals surface area contributed by atoms with Crippen LogP contribution in [-0.2, 0) is 0 Å². The molecule has 0 aliphatic carbocycles. The van der Waals surface area contributed by atoms with E-state index >= 15 is 0 Å². The van der Waals surface area contributed by atoms with E-state index in [2.05, 4.69) is 0 Å². The predicted octanol–water partition coefficient (Wildman–Crippen LogP) is 4.61. The molecule has 0 radical (unpaired) electrons. The quantitative estimate of drug-likeness (QED) is 0.658. The van der Waals surface area contributed by atoms with Crippen molar-refractivity contribution in [3.05, 3.63) is 56.4 Å². The minimum absolute atomic E-state index is 0.0000564. The van der Waals surface area contributed by atoms with E-state index in [0.29, 0.717) is 10.9 Å². The standard InChI is InChI=1S/C16H10Cl2O5/c1-7-2-16(21)23-13-6-15(11(19)3-8(7)13)22-14-5-10(18)9(17)4-12(14)20/h2-6,19-20H,1H3. The van der Waals surface area contributed by atoms with Gasteiger partial charge in [-0.2, -0.15) is 0 Å². The Bertz CT molecular complexity index is 978. The zero-order valence-corrected chi connectivity index (χ0v) is 13.3. The van der Waals surface area contributed by atoms with Crippen LogP contribution in [0.15, 0.2) is 39.5 Å². The first-order valence-corrected chi connectivity index (χ1v) is 7.24. The highest BCUT2D eigenvalue weighted by Gasteiger charge is 2.14. The monoisotopic (exact) mass is 352 g/mol. The van der Waals surface area contributed by atoms with Gasteiger partial charge in [0.05, 0.1) is 10.0 Å². The van der Waals surface area contributed by atoms with E-state index in [1.807, 2.05) is 0 Å². The van der Waals surface area contributed by atoms with Crippen molar-refractivity contribution < 1.29 is 19.4 Å². The third-order valence-electron chi connectivity index (χ3n) is 3.25. The normalized spacial score (nSPS) is 10.9. The second-order valence-corrected chi connectivity index (χ2v) is 5.72. The van der Waals surface area contributed by atoms with Crippen molar-refractivity contribution >= 4 is 34.2 Å². The minimum Gasteiger partial charge on any atom is -0.504 e. The summed E-state index contributed by atoms with van der Waals surface area (Å²) in [5, 5.41) is 20.9. The van der Waals surface area contributed by atoms with Crippen LogP contribution in [0.5, 0.6) is 23.0 Å². The van der Waals surface area contributed by atoms with Crippen molar-refractivity contribution in [3.8, 4) is 23.0 Å². The second kappa shape index (κ2) is 5.68. The van der Waals surface area contributed by atoms with E-state index in [-0.39, 0.29) is 38.6 Å². The molecule has 23 heavy (non-hydrogen) atoms. The smallest absolute Gasteiger partial charge is 0.336 e. The third-order valence-corrected chi connectivity index (χ3v) is 3.97. The molecule has 0 aliphatic rings. The van der Waals surface area contributed by atoms with Gasteiger partial charge in [-0.15, -0.1) is 0 Å². The minimum atomic E-state index is -0.510. The first-order valence-electron chi connectivity index (χ1n) is 6.48. The van der Waals surface area contributed by atoms with Crippen LogP contribution in [0.4, 0.5) is 0 Å². The van der Waals surface area contributed by atoms with Crippen LogP contribution >= 0.6 is 23.2 Å². The summed E-state index contributed by atoms with van der Waals surface area (Å²) in [5.74, 6) is -0.423. The average Bonchev–Trinajstić information content (AvgIpc) is 2.46. The first-order chi connectivity index (χ1) is 10.8. The van der Waals surface area contributed by atoms with E-state index in [9.17, 15) is 15.0 Å². The van der Waals surface area contributed by atoms with Crippen LogP contribution in [0, 0.1) is 6.92 Å². The van der Waals surface area contributed by atoms with E-state index in [1.54, 1.807) is 6.92 Å². The Kier molecular flexibility index (Phi) is 3.83. The molecule has 3 rings (SSSR count). The Morgan fingerprint density at radius 2 is 1.57 bits per heavy atom. The molecular formula is C16H10Cl2O5. The number of hydrogen-bond acceptors (Lipinski definition) is 5. The summed E-state index contributed by atoms with van der Waals surface area (Å²) in [6.07, 6.45) is 0. The first kappa shape index (κ1) is 15.5. The Balaban J connectivity index is 2.12. The van der Waals surface area contributed by atoms with Gasteiger partial charge < -0.3 is 19.4 Å². The number of hydrogen-bond donors (Lipinski definition) is 2. The number of benzene rings is 2. The third kappa shape index (κ3) is 2.93. The molecule has 2 N–H and O–H groups in total. The van der Waals surface area contributed by atoms with E-state index in [0.717, 1.165) is 0 Å². The number of aryl methyl sites for hydroxylation is 1. The predicted molar refractivity (Wildman–Crippen MR) is 87.1 cm³/mol. The molecule has 0 amide bonds. The summed E-state index contributed by atoms with van der Waals surface area (Å²) >= 11 is 11.7. The highest BCUT2D eigenvalue weighted by molar-refractivity contribution is 6.42. The summed E-state index contributed by atoms with van der Waals surface area (Å²) in [7, 11) is 0. The van der Waals surface area contributed by atoms with Crippen LogP contribution in [-0.4, -0.2) is 10.2 Å². The van der Waals surface area contributed by atoms with Gasteiger partial charge in [0.15, 0.2) is 23.0 Å². The van der Waals surface area contributed by atoms with E-state index < -0.39 is 5.63 Å². The molecule has 2 aromatic carbocycles. The van der Waals surface area contributed by atoms with E-state index in [1.165, 1.54) is 30.3 Å². The van der Waals surface area contributed by atoms with Gasteiger partial charge in [-0.25, -0.2) is 4.79 Å². The Hall–Kier alpha value is -2.37. The van der Waals surface area contributed by atoms with Gasteiger partial charge in [0.25, 0.3) is 0 Å². The Morgan fingerprint density at radius 3 is 2.30 bits per heavy atom. The number of rotatable bonds is 2. The topological polar surface area (TPSA) is 79.9 Å². The molecule has 0 spiro atoms. The van der Waals surface area contributed by atoms with Crippen molar-refractivity contribution in [2.45, 2.75) is 6.92 Å². The fraction of sp³-hybridized carbons (Fsp3) is 0.0625. The van der Waals surface area contributed by atoms with Crippen LogP contribution in [0.2, 0.25) is 10.0 Å². The molecule has 3 aromatic rings. The van der Waals surface area contributed by atoms with Gasteiger partial charge in [-0.05, 0) is 18.6 Å². The van der Waals surface area contributed by atoms with Gasteiger partial charge in [-0.1, -0.05) is 23.2 Å². The number of phenolic OH excluding ortho intramolecular Hbond substituents is 2. The maximum absolute atomic E-state index is 11.5. The number of phenols is 2. The lowest BCUT2D eigenvalue weighted by atomic mass is 10.1. The molecule has 1 heterocycles. The van der Waals surface area contributed by atoms with Crippen molar-refractivity contribution in [1.29, 1.82) is 0 Å². The van der Waals surface area contributed by atoms with Crippen molar-refractivity contribution in [3.63, 3.8) is 0 Å². The van der Waals surface area contributed by atoms with Crippen LogP contribution in [0.3, 0.4) is 0 Å². The number of ether oxygens (including phenoxy) is 1. The Morgan fingerprint density at radius 1 is 0.957 bits per heavy atom. The fourth-order valence-electron chi connectivity index (χ4n) is 2.13. The number of halogens is 2. The van der Waals surface area contributed by atoms with Crippen LogP contribution in [0.1, 0.15) is 5.56 Å². The molecule has 7 heteroatoms. The molecule has 0 saturated carbocycles. The summed E-state index contributed by atoms with van der Waals surface area (Å²) in [6, 6.07) is 6.64. The Labute approximate surface area is 140 Å². The summed E-state index contributed by atoms with van der Waals surface area (Å²) in [4.78, 5) is 11.5. The molecule has 0 unspecified atom stereocenters. The van der Waals surface area contributed by atoms with Crippen molar-refractivity contribution in [2.24, 2.45) is 0 Å². The van der Waals surface area contributed by atoms with Crippen LogP contribution in [0.25, 0.3) is 11.0 Å². The lowest BCUT2D eigenvalue weighted by molar-refractivity contribution is 0.385. The largest absolute Gasteiger partial charge is 0.504 e. The summed E-state index contributed by atoms with van der Waals surface area (Å²) in [6.45, 7) is 1.73. The zero-order chi connectivity index (χ0) is 16.7. The van der Waals surface area contributed by atoms with Gasteiger partial charge in [0.2, 0.25) is 0 Å². The number of fused-ring (bicyclic) bond motifs is 1. The summed E-state index contributed by atoms with van der Waals surface area (Å²) in [5.41, 5.74) is 0.404. The average molecular weight is 353 g/mol. The molecule has 118 valence electrons. The maximum Gasteiger partial charge on any atom is 0.336 e. The molecule has 5 nitrogen and oxygen atoms in total. The van der Waals surface area contributed by atoms with Crippen molar-refractivity contribution in [2.75, 3.05) is 0 Å². The lowest BCUT2D eigenvalue weighted by Crippen LogP contribution is -1.98. The van der Waals surface area contributed by atoms with Crippen molar-refractivity contribution in [1.82, 2.24) is 0 Å². The van der Waals surface area contributed by atoms with E-state index in [4.69, 9.17) is 32.4 Å². The molecule has 0 atom stereocenters. The molecular weight excluding hydrogens is 343 g/mol. The molecule has 0 fully saturated rings. The zero-order valence-electron chi connectivity index (χ0n) is 11.8. The van der Waals surface area contributed by atoms with Gasteiger partial charge >= 0.3 is 5.63 Å². The van der Waals surface area contributed by atoms with Gasteiger partial charge in [0, 0.05) is 29.7 Å². The molecule has 0 saturated heterocycles. The second-order valence-electron chi connectivity index (χ2n) is 4.90. The highest BCUT2D eigenvalue weighted by atomic mass is 35.5. The van der Waals surface area contributed by atoms with Crippen LogP contribution < -0.4 is 10.4 Å². The fourth-order valence-corrected chi connectivity index (χ4v) is 2.45. The lowest BCUT2D eigenvalue weighted by Gasteiger charge is -2.11. The molecule has 0 aliphatic heterocycles. The highest BCUT2D eigenvalue weighted by Crippen LogP contribution is 2.41. The van der Waals surface area contributed by atoms with Gasteiger partial charge in [0.1, 0.15) is 5.58 Å². The SMILES string of the molecule is Cc1cc(=O)oc2cc(Oc3cc(Cl)c(Cl)cc3O)c(O)cc12. The van der Waals surface area contributed by atoms with Gasteiger partial charge in [-0.3, -0.25) is 0 Å². The summed E-state index contributed by atoms with van der Waals surface area (Å²) < 4.78 is 10.6.